The van der Waals surface area contributed by atoms with Crippen LogP contribution in [0.15, 0.2) is 6.20 Å². The van der Waals surface area contributed by atoms with Crippen LogP contribution in [-0.2, 0) is 7.05 Å². The van der Waals surface area contributed by atoms with Gasteiger partial charge in [-0.05, 0) is 0 Å². The Kier molecular flexibility index (Phi) is 2.50. The van der Waals surface area contributed by atoms with Crippen LogP contribution >= 0.6 is 11.8 Å². The molecule has 76 valence electrons. The molecule has 0 aromatic carbocycles. The fourth-order valence-corrected chi connectivity index (χ4v) is 2.20. The summed E-state index contributed by atoms with van der Waals surface area (Å²) in [6.45, 7) is 0. The molecule has 0 spiro atoms. The number of Topliss-reactive ketones (excluding diaryl/α,β-unsaturated/α-hetero) is 1. The van der Waals surface area contributed by atoms with Gasteiger partial charge in [-0.3, -0.25) is 9.48 Å². The summed E-state index contributed by atoms with van der Waals surface area (Å²) < 4.78 is 6.68. The molecule has 5 heteroatoms. The third-order valence-electron chi connectivity index (χ3n) is 2.37. The quantitative estimate of drug-likeness (QED) is 0.700. The molecule has 4 nitrogen and oxygen atoms in total. The number of thioether (sulfide) groups is 1. The average Bonchev–Trinajstić information content (AvgIpc) is 2.43. The van der Waals surface area contributed by atoms with Crippen LogP contribution in [0.3, 0.4) is 0 Å². The third-order valence-corrected chi connectivity index (χ3v) is 3.64. The number of hydrogen-bond acceptors (Lipinski definition) is 4. The van der Waals surface area contributed by atoms with E-state index >= 15 is 0 Å². The van der Waals surface area contributed by atoms with Gasteiger partial charge in [0.25, 0.3) is 0 Å². The Morgan fingerprint density at radius 2 is 2.43 bits per heavy atom. The van der Waals surface area contributed by atoms with Crippen LogP contribution in [0.4, 0.5) is 0 Å². The summed E-state index contributed by atoms with van der Waals surface area (Å²) in [5.74, 6) is 2.74. The zero-order valence-corrected chi connectivity index (χ0v) is 9.00. The van der Waals surface area contributed by atoms with Crippen molar-refractivity contribution in [3.63, 3.8) is 0 Å². The van der Waals surface area contributed by atoms with Crippen molar-refractivity contribution in [1.29, 1.82) is 0 Å². The van der Waals surface area contributed by atoms with Gasteiger partial charge in [-0.1, -0.05) is 0 Å². The summed E-state index contributed by atoms with van der Waals surface area (Å²) in [5.41, 5.74) is 0.595. The molecule has 1 aliphatic heterocycles. The van der Waals surface area contributed by atoms with E-state index in [1.54, 1.807) is 36.8 Å². The molecule has 1 aromatic rings. The molecule has 0 bridgehead atoms. The average molecular weight is 212 g/mol. The van der Waals surface area contributed by atoms with E-state index in [0.29, 0.717) is 11.4 Å². The number of ether oxygens (including phenoxy) is 1. The Labute approximate surface area is 86.6 Å². The van der Waals surface area contributed by atoms with Gasteiger partial charge in [-0.2, -0.15) is 16.9 Å². The van der Waals surface area contributed by atoms with Gasteiger partial charge in [0.2, 0.25) is 0 Å². The number of carbonyl (C=O) groups excluding carboxylic acids is 1. The Morgan fingerprint density at radius 3 is 2.93 bits per heavy atom. The normalized spacial score (nSPS) is 16.4. The fraction of sp³-hybridized carbons (Fsp3) is 0.556. The second-order valence-corrected chi connectivity index (χ2v) is 4.36. The van der Waals surface area contributed by atoms with Crippen molar-refractivity contribution in [3.8, 4) is 5.75 Å². The molecule has 2 rings (SSSR count). The van der Waals surface area contributed by atoms with E-state index in [0.717, 1.165) is 11.5 Å². The number of aromatic nitrogens is 2. The molecule has 1 aliphatic rings. The highest BCUT2D eigenvalue weighted by molar-refractivity contribution is 8.00. The lowest BCUT2D eigenvalue weighted by molar-refractivity contribution is 0.0926. The van der Waals surface area contributed by atoms with Crippen LogP contribution in [-0.4, -0.2) is 34.2 Å². The lowest BCUT2D eigenvalue weighted by Crippen LogP contribution is -2.29. The fourth-order valence-electron chi connectivity index (χ4n) is 1.43. The highest BCUT2D eigenvalue weighted by Gasteiger charge is 2.31. The molecule has 2 heterocycles. The molecule has 0 aliphatic carbocycles. The van der Waals surface area contributed by atoms with Gasteiger partial charge in [0, 0.05) is 24.5 Å². The third kappa shape index (κ3) is 1.41. The van der Waals surface area contributed by atoms with E-state index in [1.807, 2.05) is 0 Å². The van der Waals surface area contributed by atoms with Gasteiger partial charge in [0.05, 0.1) is 13.3 Å². The van der Waals surface area contributed by atoms with E-state index < -0.39 is 0 Å². The largest absolute Gasteiger partial charge is 0.493 e. The van der Waals surface area contributed by atoms with Crippen molar-refractivity contribution in [2.24, 2.45) is 13.0 Å². The topological polar surface area (TPSA) is 44.1 Å². The van der Waals surface area contributed by atoms with Crippen molar-refractivity contribution in [2.45, 2.75) is 0 Å². The Balaban J connectivity index is 2.28. The maximum absolute atomic E-state index is 11.9. The number of hydrogen-bond donors (Lipinski definition) is 0. The van der Waals surface area contributed by atoms with Gasteiger partial charge in [-0.25, -0.2) is 0 Å². The van der Waals surface area contributed by atoms with Crippen LogP contribution in [0.2, 0.25) is 0 Å². The van der Waals surface area contributed by atoms with Crippen LogP contribution in [0.1, 0.15) is 10.5 Å². The smallest absolute Gasteiger partial charge is 0.189 e. The van der Waals surface area contributed by atoms with Gasteiger partial charge in [0.1, 0.15) is 5.69 Å². The minimum atomic E-state index is 0.153. The minimum Gasteiger partial charge on any atom is -0.493 e. The number of ketones is 1. The molecule has 0 amide bonds. The summed E-state index contributed by atoms with van der Waals surface area (Å²) in [6, 6.07) is 0. The van der Waals surface area contributed by atoms with Crippen molar-refractivity contribution in [2.75, 3.05) is 18.6 Å². The second kappa shape index (κ2) is 3.65. The summed E-state index contributed by atoms with van der Waals surface area (Å²) in [6.07, 6.45) is 1.58. The van der Waals surface area contributed by atoms with Crippen molar-refractivity contribution < 1.29 is 9.53 Å². The predicted octanol–water partition coefficient (Wildman–Crippen LogP) is 0.974. The predicted molar refractivity (Wildman–Crippen MR) is 54.9 cm³/mol. The number of aryl methyl sites for hydroxylation is 1. The molecular weight excluding hydrogens is 200 g/mol. The second-order valence-electron chi connectivity index (χ2n) is 3.28. The van der Waals surface area contributed by atoms with E-state index in [1.165, 1.54) is 0 Å². The summed E-state index contributed by atoms with van der Waals surface area (Å²) in [7, 11) is 3.32. The standard InChI is InChI=1S/C9H12N2O2S/c1-11-8(7(13-2)3-10-11)9(12)6-4-14-5-6/h3,6H,4-5H2,1-2H3. The van der Waals surface area contributed by atoms with Crippen molar-refractivity contribution in [3.05, 3.63) is 11.9 Å². The van der Waals surface area contributed by atoms with Crippen LogP contribution < -0.4 is 4.74 Å². The first kappa shape index (κ1) is 9.58. The van der Waals surface area contributed by atoms with Crippen LogP contribution in [0, 0.1) is 5.92 Å². The number of nitrogens with zero attached hydrogens (tertiary/aromatic N) is 2. The van der Waals surface area contributed by atoms with E-state index in [9.17, 15) is 4.79 Å². The number of carbonyl (C=O) groups is 1. The number of methoxy groups -OCH3 is 1. The SMILES string of the molecule is COc1cnn(C)c1C(=O)C1CSC1. The Bertz CT molecular complexity index is 358. The molecule has 0 N–H and O–H groups in total. The Hall–Kier alpha value is -0.970. The highest BCUT2D eigenvalue weighted by Crippen LogP contribution is 2.30. The first-order valence-electron chi connectivity index (χ1n) is 4.42. The van der Waals surface area contributed by atoms with Gasteiger partial charge >= 0.3 is 0 Å². The lowest BCUT2D eigenvalue weighted by atomic mass is 10.0. The van der Waals surface area contributed by atoms with Gasteiger partial charge < -0.3 is 4.74 Å². The zero-order valence-electron chi connectivity index (χ0n) is 8.19. The summed E-state index contributed by atoms with van der Waals surface area (Å²) in [5, 5.41) is 4.01. The molecule has 0 saturated carbocycles. The maximum Gasteiger partial charge on any atom is 0.189 e. The minimum absolute atomic E-state index is 0.153. The monoisotopic (exact) mass is 212 g/mol. The summed E-state index contributed by atoms with van der Waals surface area (Å²) in [4.78, 5) is 11.9. The lowest BCUT2D eigenvalue weighted by Gasteiger charge is -2.23. The van der Waals surface area contributed by atoms with Gasteiger partial charge in [0.15, 0.2) is 11.5 Å². The zero-order chi connectivity index (χ0) is 10.1. The van der Waals surface area contributed by atoms with E-state index in [4.69, 9.17) is 4.74 Å². The molecule has 0 atom stereocenters. The van der Waals surface area contributed by atoms with E-state index in [-0.39, 0.29) is 11.7 Å². The number of rotatable bonds is 3. The molecule has 14 heavy (non-hydrogen) atoms. The first-order valence-corrected chi connectivity index (χ1v) is 5.57. The molecule has 0 unspecified atom stereocenters. The molecular formula is C9H12N2O2S. The first-order chi connectivity index (χ1) is 6.74. The van der Waals surface area contributed by atoms with E-state index in [2.05, 4.69) is 5.10 Å². The molecule has 1 fully saturated rings. The molecule has 1 saturated heterocycles. The molecule has 1 aromatic heterocycles. The van der Waals surface area contributed by atoms with Gasteiger partial charge in [-0.15, -0.1) is 0 Å². The highest BCUT2D eigenvalue weighted by atomic mass is 32.2. The summed E-state index contributed by atoms with van der Waals surface area (Å²) >= 11 is 1.80. The van der Waals surface area contributed by atoms with Crippen LogP contribution in [0.25, 0.3) is 0 Å². The maximum atomic E-state index is 11.9. The van der Waals surface area contributed by atoms with Crippen molar-refractivity contribution in [1.82, 2.24) is 9.78 Å². The Morgan fingerprint density at radius 1 is 1.71 bits per heavy atom. The van der Waals surface area contributed by atoms with Crippen molar-refractivity contribution >= 4 is 17.5 Å². The molecule has 0 radical (unpaired) electrons. The van der Waals surface area contributed by atoms with Crippen LogP contribution in [0.5, 0.6) is 5.75 Å².